The van der Waals surface area contributed by atoms with Gasteiger partial charge >= 0.3 is 0 Å². The molecule has 10 heteroatoms. The van der Waals surface area contributed by atoms with E-state index in [2.05, 4.69) is 25.7 Å². The van der Waals surface area contributed by atoms with E-state index in [1.807, 2.05) is 32.0 Å². The molecule has 2 amide bonds. The molecule has 3 aromatic rings. The van der Waals surface area contributed by atoms with Crippen LogP contribution in [-0.2, 0) is 11.3 Å². The summed E-state index contributed by atoms with van der Waals surface area (Å²) in [5.74, 6) is 2.17. The number of ether oxygens (including phenoxy) is 2. The molecule has 0 aliphatic carbocycles. The molecular weight excluding hydrogens is 486 g/mol. The highest BCUT2D eigenvalue weighted by Gasteiger charge is 2.27. The fraction of sp³-hybridized carbons (Fsp3) is 0.429. The fourth-order valence-electron chi connectivity index (χ4n) is 4.37. The van der Waals surface area contributed by atoms with Crippen LogP contribution >= 0.6 is 0 Å². The van der Waals surface area contributed by atoms with Gasteiger partial charge in [-0.3, -0.25) is 14.5 Å². The lowest BCUT2D eigenvalue weighted by molar-refractivity contribution is -0.121. The van der Waals surface area contributed by atoms with Crippen molar-refractivity contribution in [2.24, 2.45) is 11.8 Å². The van der Waals surface area contributed by atoms with Crippen molar-refractivity contribution in [1.29, 1.82) is 0 Å². The molecule has 0 radical (unpaired) electrons. The number of benzene rings is 2. The van der Waals surface area contributed by atoms with Crippen LogP contribution in [0.1, 0.15) is 42.9 Å². The fourth-order valence-corrected chi connectivity index (χ4v) is 4.37. The lowest BCUT2D eigenvalue weighted by Gasteiger charge is -2.30. The molecule has 1 aliphatic rings. The first-order chi connectivity index (χ1) is 18.4. The Bertz CT molecular complexity index is 1250. The molecule has 1 fully saturated rings. The number of para-hydroxylation sites is 1. The molecule has 2 heterocycles. The van der Waals surface area contributed by atoms with Gasteiger partial charge in [-0.25, -0.2) is 0 Å². The SMILES string of the molecule is COc1ccc(-c2noc(CN3CCC(C(=O)Nc4ccccc4C(=O)NCC(C)C)CC3)n2)cc1OC. The molecule has 10 nitrogen and oxygen atoms in total. The third-order valence-electron chi connectivity index (χ3n) is 6.53. The van der Waals surface area contributed by atoms with Crippen LogP contribution in [-0.4, -0.2) is 60.7 Å². The first-order valence-electron chi connectivity index (χ1n) is 12.8. The Labute approximate surface area is 222 Å². The number of piperidine rings is 1. The highest BCUT2D eigenvalue weighted by atomic mass is 16.5. The van der Waals surface area contributed by atoms with E-state index >= 15 is 0 Å². The van der Waals surface area contributed by atoms with E-state index in [9.17, 15) is 9.59 Å². The van der Waals surface area contributed by atoms with Gasteiger partial charge in [-0.05, 0) is 62.2 Å². The Morgan fingerprint density at radius 2 is 1.82 bits per heavy atom. The van der Waals surface area contributed by atoms with Crippen molar-refractivity contribution in [3.05, 3.63) is 53.9 Å². The minimum absolute atomic E-state index is 0.0673. The van der Waals surface area contributed by atoms with Gasteiger partial charge in [0.15, 0.2) is 11.5 Å². The number of nitrogens with one attached hydrogen (secondary N) is 2. The first-order valence-corrected chi connectivity index (χ1v) is 12.8. The molecule has 0 unspecified atom stereocenters. The van der Waals surface area contributed by atoms with Gasteiger partial charge < -0.3 is 24.6 Å². The molecule has 1 aliphatic heterocycles. The summed E-state index contributed by atoms with van der Waals surface area (Å²) in [6.07, 6.45) is 1.40. The average molecular weight is 522 g/mol. The molecule has 38 heavy (non-hydrogen) atoms. The summed E-state index contributed by atoms with van der Waals surface area (Å²) in [5, 5.41) is 10.0. The Balaban J connectivity index is 1.30. The third kappa shape index (κ3) is 6.69. The summed E-state index contributed by atoms with van der Waals surface area (Å²) in [5.41, 5.74) is 1.78. The van der Waals surface area contributed by atoms with E-state index in [1.54, 1.807) is 38.5 Å². The smallest absolute Gasteiger partial charge is 0.253 e. The molecule has 1 aromatic heterocycles. The zero-order valence-corrected chi connectivity index (χ0v) is 22.3. The van der Waals surface area contributed by atoms with E-state index in [1.165, 1.54) is 0 Å². The predicted molar refractivity (Wildman–Crippen MR) is 143 cm³/mol. The van der Waals surface area contributed by atoms with Crippen molar-refractivity contribution in [2.75, 3.05) is 39.2 Å². The van der Waals surface area contributed by atoms with Crippen molar-refractivity contribution < 1.29 is 23.6 Å². The van der Waals surface area contributed by atoms with E-state index in [4.69, 9.17) is 14.0 Å². The molecule has 1 saturated heterocycles. The average Bonchev–Trinajstić information content (AvgIpc) is 3.40. The number of aromatic nitrogens is 2. The molecule has 4 rings (SSSR count). The lowest BCUT2D eigenvalue weighted by atomic mass is 9.95. The van der Waals surface area contributed by atoms with Crippen LogP contribution in [0.3, 0.4) is 0 Å². The summed E-state index contributed by atoms with van der Waals surface area (Å²) >= 11 is 0. The Morgan fingerprint density at radius 3 is 2.53 bits per heavy atom. The molecule has 0 bridgehead atoms. The topological polar surface area (TPSA) is 119 Å². The number of likely N-dealkylation sites (tertiary alicyclic amines) is 1. The third-order valence-corrected chi connectivity index (χ3v) is 6.53. The Morgan fingerprint density at radius 1 is 1.08 bits per heavy atom. The maximum atomic E-state index is 13.0. The summed E-state index contributed by atoms with van der Waals surface area (Å²) in [4.78, 5) is 32.3. The predicted octanol–water partition coefficient (Wildman–Crippen LogP) is 3.99. The zero-order chi connectivity index (χ0) is 27.1. The largest absolute Gasteiger partial charge is 0.493 e. The number of carbonyl (C=O) groups excluding carboxylic acids is 2. The Hall–Kier alpha value is -3.92. The van der Waals surface area contributed by atoms with Crippen LogP contribution in [0.25, 0.3) is 11.4 Å². The van der Waals surface area contributed by atoms with Crippen LogP contribution in [0.4, 0.5) is 5.69 Å². The number of nitrogens with zero attached hydrogens (tertiary/aromatic N) is 3. The standard InChI is InChI=1S/C28H35N5O5/c1-18(2)16-29-28(35)21-7-5-6-8-22(21)30-27(34)19-11-13-33(14-12-19)17-25-31-26(32-38-25)20-9-10-23(36-3)24(15-20)37-4/h5-10,15,18-19H,11-14,16-17H2,1-4H3,(H,29,35)(H,30,34). The van der Waals surface area contributed by atoms with E-state index in [0.29, 0.717) is 66.3 Å². The van der Waals surface area contributed by atoms with E-state index in [0.717, 1.165) is 18.7 Å². The number of hydrogen-bond acceptors (Lipinski definition) is 8. The van der Waals surface area contributed by atoms with Crippen molar-refractivity contribution in [3.63, 3.8) is 0 Å². The molecule has 0 spiro atoms. The van der Waals surface area contributed by atoms with Gasteiger partial charge in [0, 0.05) is 18.0 Å². The van der Waals surface area contributed by atoms with Gasteiger partial charge in [0.25, 0.3) is 5.91 Å². The highest BCUT2D eigenvalue weighted by molar-refractivity contribution is 6.04. The van der Waals surface area contributed by atoms with Gasteiger partial charge in [0.05, 0.1) is 32.0 Å². The van der Waals surface area contributed by atoms with Crippen LogP contribution in [0, 0.1) is 11.8 Å². The molecule has 0 saturated carbocycles. The van der Waals surface area contributed by atoms with Crippen molar-refractivity contribution in [3.8, 4) is 22.9 Å². The maximum Gasteiger partial charge on any atom is 0.253 e. The van der Waals surface area contributed by atoms with Gasteiger partial charge in [-0.1, -0.05) is 31.1 Å². The highest BCUT2D eigenvalue weighted by Crippen LogP contribution is 2.31. The number of anilines is 1. The van der Waals surface area contributed by atoms with Gasteiger partial charge in [-0.2, -0.15) is 4.98 Å². The zero-order valence-electron chi connectivity index (χ0n) is 22.3. The van der Waals surface area contributed by atoms with E-state index < -0.39 is 0 Å². The molecule has 0 atom stereocenters. The number of carbonyl (C=O) groups is 2. The number of amides is 2. The lowest BCUT2D eigenvalue weighted by Crippen LogP contribution is -2.38. The van der Waals surface area contributed by atoms with Crippen LogP contribution in [0.2, 0.25) is 0 Å². The van der Waals surface area contributed by atoms with Gasteiger partial charge in [0.1, 0.15) is 0 Å². The first kappa shape index (κ1) is 27.1. The second kappa shape index (κ2) is 12.6. The summed E-state index contributed by atoms with van der Waals surface area (Å²) in [6, 6.07) is 12.6. The van der Waals surface area contributed by atoms with Crippen molar-refractivity contribution in [1.82, 2.24) is 20.4 Å². The summed E-state index contributed by atoms with van der Waals surface area (Å²) in [7, 11) is 3.17. The monoisotopic (exact) mass is 521 g/mol. The molecular formula is C28H35N5O5. The normalized spacial score (nSPS) is 14.3. The summed E-state index contributed by atoms with van der Waals surface area (Å²) < 4.78 is 16.1. The van der Waals surface area contributed by atoms with Crippen LogP contribution in [0.15, 0.2) is 47.0 Å². The second-order valence-corrected chi connectivity index (χ2v) is 9.77. The van der Waals surface area contributed by atoms with Crippen molar-refractivity contribution in [2.45, 2.75) is 33.2 Å². The minimum Gasteiger partial charge on any atom is -0.493 e. The van der Waals surface area contributed by atoms with Crippen LogP contribution in [0.5, 0.6) is 11.5 Å². The number of hydrogen-bond donors (Lipinski definition) is 2. The number of rotatable bonds is 10. The molecule has 202 valence electrons. The van der Waals surface area contributed by atoms with Crippen LogP contribution < -0.4 is 20.1 Å². The maximum absolute atomic E-state index is 13.0. The van der Waals surface area contributed by atoms with Gasteiger partial charge in [-0.15, -0.1) is 0 Å². The quantitative estimate of drug-likeness (QED) is 0.411. The van der Waals surface area contributed by atoms with Crippen molar-refractivity contribution >= 4 is 17.5 Å². The second-order valence-electron chi connectivity index (χ2n) is 9.77. The van der Waals surface area contributed by atoms with E-state index in [-0.39, 0.29) is 17.7 Å². The van der Waals surface area contributed by atoms with Gasteiger partial charge in [0.2, 0.25) is 17.6 Å². The summed E-state index contributed by atoms with van der Waals surface area (Å²) in [6.45, 7) is 6.61. The number of methoxy groups -OCH3 is 2. The molecule has 2 aromatic carbocycles. The molecule has 2 N–H and O–H groups in total. The Kier molecular flexibility index (Phi) is 8.96. The minimum atomic E-state index is -0.184.